The molecule has 0 saturated carbocycles. The molecule has 1 aromatic rings. The predicted octanol–water partition coefficient (Wildman–Crippen LogP) is 1.61. The molecule has 1 rings (SSSR count). The van der Waals surface area contributed by atoms with Gasteiger partial charge in [-0.1, -0.05) is 22.7 Å². The summed E-state index contributed by atoms with van der Waals surface area (Å²) in [6.45, 7) is 1.75. The molecular formula is C8H8FNO. The van der Waals surface area contributed by atoms with Crippen molar-refractivity contribution in [3.63, 3.8) is 0 Å². The van der Waals surface area contributed by atoms with Crippen LogP contribution in [0.25, 0.3) is 0 Å². The maximum absolute atomic E-state index is 11.7. The van der Waals surface area contributed by atoms with Crippen molar-refractivity contribution < 1.29 is 9.28 Å². The fourth-order valence-corrected chi connectivity index (χ4v) is 0.879. The van der Waals surface area contributed by atoms with E-state index in [2.05, 4.69) is 0 Å². The molecule has 0 atom stereocenters. The van der Waals surface area contributed by atoms with Gasteiger partial charge in [0.25, 0.3) is 5.91 Å². The van der Waals surface area contributed by atoms with Gasteiger partial charge in [0, 0.05) is 5.56 Å². The highest BCUT2D eigenvalue weighted by atomic mass is 19.2. The van der Waals surface area contributed by atoms with Gasteiger partial charge in [-0.2, -0.15) is 5.54 Å². The highest BCUT2D eigenvalue weighted by Crippen LogP contribution is 2.05. The summed E-state index contributed by atoms with van der Waals surface area (Å²) < 4.78 is 11.7. The number of rotatable bonds is 1. The van der Waals surface area contributed by atoms with Gasteiger partial charge in [0.2, 0.25) is 0 Å². The molecule has 58 valence electrons. The van der Waals surface area contributed by atoms with Crippen LogP contribution in [0, 0.1) is 6.92 Å². The maximum atomic E-state index is 11.7. The summed E-state index contributed by atoms with van der Waals surface area (Å²) in [7, 11) is 0. The highest BCUT2D eigenvalue weighted by molar-refractivity contribution is 5.94. The summed E-state index contributed by atoms with van der Waals surface area (Å²) in [5.74, 6) is -0.692. The third kappa shape index (κ3) is 1.55. The summed E-state index contributed by atoms with van der Waals surface area (Å²) >= 11 is 0. The van der Waals surface area contributed by atoms with Gasteiger partial charge in [0.15, 0.2) is 0 Å². The molecule has 0 saturated heterocycles. The first-order valence-corrected chi connectivity index (χ1v) is 3.22. The predicted molar refractivity (Wildman–Crippen MR) is 39.8 cm³/mol. The maximum Gasteiger partial charge on any atom is 0.279 e. The van der Waals surface area contributed by atoms with Crippen molar-refractivity contribution >= 4 is 5.91 Å². The SMILES string of the molecule is Cc1ccccc1C(=O)NF. The lowest BCUT2D eigenvalue weighted by Crippen LogP contribution is -2.14. The third-order valence-electron chi connectivity index (χ3n) is 1.48. The molecule has 0 unspecified atom stereocenters. The number of aryl methyl sites for hydroxylation is 1. The second kappa shape index (κ2) is 3.14. The zero-order chi connectivity index (χ0) is 8.27. The molecule has 1 N–H and O–H groups in total. The highest BCUT2D eigenvalue weighted by Gasteiger charge is 2.05. The van der Waals surface area contributed by atoms with E-state index in [1.54, 1.807) is 31.2 Å². The quantitative estimate of drug-likeness (QED) is 0.610. The number of halogens is 1. The lowest BCUT2D eigenvalue weighted by molar-refractivity contribution is 0.0859. The van der Waals surface area contributed by atoms with Gasteiger partial charge in [-0.15, -0.1) is 0 Å². The van der Waals surface area contributed by atoms with Gasteiger partial charge in [-0.05, 0) is 18.6 Å². The van der Waals surface area contributed by atoms with Crippen LogP contribution in [-0.2, 0) is 0 Å². The molecule has 0 aliphatic rings. The molecule has 0 bridgehead atoms. The topological polar surface area (TPSA) is 29.1 Å². The fraction of sp³-hybridized carbons (Fsp3) is 0.125. The number of benzene rings is 1. The second-order valence-electron chi connectivity index (χ2n) is 2.24. The van der Waals surface area contributed by atoms with Crippen LogP contribution in [0.5, 0.6) is 0 Å². The Morgan fingerprint density at radius 2 is 2.09 bits per heavy atom. The Bertz CT molecular complexity index is 273. The number of nitrogens with one attached hydrogen (secondary N) is 1. The molecule has 0 aliphatic heterocycles. The molecule has 0 radical (unpaired) electrons. The lowest BCUT2D eigenvalue weighted by Gasteiger charge is -1.99. The molecule has 1 amide bonds. The smallest absolute Gasteiger partial charge is 0.267 e. The average molecular weight is 153 g/mol. The average Bonchev–Trinajstić information content (AvgIpc) is 2.04. The van der Waals surface area contributed by atoms with Crippen LogP contribution in [0.2, 0.25) is 0 Å². The number of carbonyl (C=O) groups excluding carboxylic acids is 1. The number of hydrogen-bond donors (Lipinski definition) is 1. The minimum atomic E-state index is -0.692. The van der Waals surface area contributed by atoms with Crippen LogP contribution < -0.4 is 5.54 Å². The zero-order valence-electron chi connectivity index (χ0n) is 6.10. The van der Waals surface area contributed by atoms with Crippen LogP contribution in [0.1, 0.15) is 15.9 Å². The molecule has 0 aromatic heterocycles. The lowest BCUT2D eigenvalue weighted by atomic mass is 10.1. The van der Waals surface area contributed by atoms with Gasteiger partial charge in [0.1, 0.15) is 0 Å². The first-order chi connectivity index (χ1) is 5.25. The van der Waals surface area contributed by atoms with E-state index in [-0.39, 0.29) is 0 Å². The van der Waals surface area contributed by atoms with E-state index in [1.807, 2.05) is 0 Å². The van der Waals surface area contributed by atoms with E-state index >= 15 is 0 Å². The first kappa shape index (κ1) is 7.72. The second-order valence-corrected chi connectivity index (χ2v) is 2.24. The van der Waals surface area contributed by atoms with Crippen LogP contribution in [0.3, 0.4) is 0 Å². The zero-order valence-corrected chi connectivity index (χ0v) is 6.10. The van der Waals surface area contributed by atoms with Crippen LogP contribution in [-0.4, -0.2) is 5.91 Å². The normalized spacial score (nSPS) is 9.27. The minimum Gasteiger partial charge on any atom is -0.267 e. The Kier molecular flexibility index (Phi) is 2.21. The molecule has 2 nitrogen and oxygen atoms in total. The molecule has 0 heterocycles. The van der Waals surface area contributed by atoms with Crippen LogP contribution in [0.4, 0.5) is 4.48 Å². The standard InChI is InChI=1S/C8H8FNO/c1-6-4-2-3-5-7(6)8(11)10-9/h2-5H,1H3,(H,10,11). The van der Waals surface area contributed by atoms with Crippen molar-refractivity contribution in [3.8, 4) is 0 Å². The number of carbonyl (C=O) groups is 1. The Balaban J connectivity index is 3.03. The van der Waals surface area contributed by atoms with E-state index < -0.39 is 5.91 Å². The largest absolute Gasteiger partial charge is 0.279 e. The Labute approximate surface area is 64.0 Å². The van der Waals surface area contributed by atoms with Crippen molar-refractivity contribution in [1.82, 2.24) is 5.54 Å². The van der Waals surface area contributed by atoms with Crippen molar-refractivity contribution in [2.45, 2.75) is 6.92 Å². The molecule has 0 aliphatic carbocycles. The van der Waals surface area contributed by atoms with E-state index in [1.165, 1.54) is 0 Å². The van der Waals surface area contributed by atoms with Crippen LogP contribution in [0.15, 0.2) is 24.3 Å². The molecule has 11 heavy (non-hydrogen) atoms. The minimum absolute atomic E-state index is 0.370. The Morgan fingerprint density at radius 1 is 1.45 bits per heavy atom. The Hall–Kier alpha value is -1.38. The van der Waals surface area contributed by atoms with E-state index in [0.29, 0.717) is 5.56 Å². The van der Waals surface area contributed by atoms with Gasteiger partial charge >= 0.3 is 0 Å². The summed E-state index contributed by atoms with van der Waals surface area (Å²) in [6, 6.07) is 6.82. The summed E-state index contributed by atoms with van der Waals surface area (Å²) in [4.78, 5) is 10.7. The van der Waals surface area contributed by atoms with Crippen molar-refractivity contribution in [3.05, 3.63) is 35.4 Å². The van der Waals surface area contributed by atoms with Gasteiger partial charge in [-0.3, -0.25) is 4.79 Å². The van der Waals surface area contributed by atoms with Gasteiger partial charge in [-0.25, -0.2) is 0 Å². The first-order valence-electron chi connectivity index (χ1n) is 3.22. The third-order valence-corrected chi connectivity index (χ3v) is 1.48. The van der Waals surface area contributed by atoms with Crippen molar-refractivity contribution in [1.29, 1.82) is 0 Å². The molecule has 0 spiro atoms. The van der Waals surface area contributed by atoms with Gasteiger partial charge < -0.3 is 0 Å². The fourth-order valence-electron chi connectivity index (χ4n) is 0.879. The monoisotopic (exact) mass is 153 g/mol. The van der Waals surface area contributed by atoms with Crippen LogP contribution >= 0.6 is 0 Å². The van der Waals surface area contributed by atoms with E-state index in [4.69, 9.17) is 0 Å². The summed E-state index contributed by atoms with van der Waals surface area (Å²) in [5.41, 5.74) is 2.22. The van der Waals surface area contributed by atoms with Crippen molar-refractivity contribution in [2.75, 3.05) is 0 Å². The number of amides is 1. The van der Waals surface area contributed by atoms with E-state index in [0.717, 1.165) is 11.1 Å². The Morgan fingerprint density at radius 3 is 2.64 bits per heavy atom. The summed E-state index contributed by atoms with van der Waals surface area (Å²) in [5, 5.41) is 0. The van der Waals surface area contributed by atoms with Crippen molar-refractivity contribution in [2.24, 2.45) is 0 Å². The molecule has 1 aromatic carbocycles. The molecule has 3 heteroatoms. The molecular weight excluding hydrogens is 145 g/mol. The molecule has 0 fully saturated rings. The number of hydrogen-bond acceptors (Lipinski definition) is 1. The van der Waals surface area contributed by atoms with Gasteiger partial charge in [0.05, 0.1) is 0 Å². The van der Waals surface area contributed by atoms with E-state index in [9.17, 15) is 9.28 Å². The summed E-state index contributed by atoms with van der Waals surface area (Å²) in [6.07, 6.45) is 0.